The number of halogens is 1. The van der Waals surface area contributed by atoms with Gasteiger partial charge in [0.05, 0.1) is 29.4 Å². The summed E-state index contributed by atoms with van der Waals surface area (Å²) in [4.78, 5) is 9.11. The first-order chi connectivity index (χ1) is 17.6. The van der Waals surface area contributed by atoms with Crippen LogP contribution in [0.2, 0.25) is 5.02 Å². The van der Waals surface area contributed by atoms with Gasteiger partial charge in [0.25, 0.3) is 0 Å². The monoisotopic (exact) mass is 532 g/mol. The predicted octanol–water partition coefficient (Wildman–Crippen LogP) is 7.33. The molecule has 0 bridgehead atoms. The molecule has 1 N–H and O–H groups in total. The predicted molar refractivity (Wildman–Crippen MR) is 158 cm³/mol. The van der Waals surface area contributed by atoms with Crippen molar-refractivity contribution >= 4 is 45.9 Å². The molecule has 0 saturated carbocycles. The fourth-order valence-electron chi connectivity index (χ4n) is 5.32. The van der Waals surface area contributed by atoms with Gasteiger partial charge in [-0.2, -0.15) is 0 Å². The van der Waals surface area contributed by atoms with Gasteiger partial charge in [0.2, 0.25) is 0 Å². The van der Waals surface area contributed by atoms with E-state index in [1.807, 2.05) is 62.5 Å². The standard InChI is InChI=1S/C30H33ClN4OS/c1-18(2)36-21-12-10-20(11-13-21)35-28(27(33-29(35)37)25-9-7-8-14-32-25)23-15-22-19(3)17-30(4,5)34(6)26(22)16-24(23)31/h7-18,27-28H,1-6H3,(H,33,37)/t27-,28+/m0/s1. The maximum absolute atomic E-state index is 7.10. The highest BCUT2D eigenvalue weighted by Crippen LogP contribution is 2.48. The number of aromatic nitrogens is 1. The summed E-state index contributed by atoms with van der Waals surface area (Å²) in [5.41, 5.74) is 6.34. The number of nitrogens with one attached hydrogen (secondary N) is 1. The highest BCUT2D eigenvalue weighted by Gasteiger charge is 2.42. The Morgan fingerprint density at radius 2 is 1.84 bits per heavy atom. The molecule has 0 aliphatic carbocycles. The van der Waals surface area contributed by atoms with E-state index >= 15 is 0 Å². The van der Waals surface area contributed by atoms with Crippen LogP contribution in [0.1, 0.15) is 63.5 Å². The molecular formula is C30H33ClN4OS. The highest BCUT2D eigenvalue weighted by molar-refractivity contribution is 7.80. The van der Waals surface area contributed by atoms with Gasteiger partial charge >= 0.3 is 0 Å². The number of pyridine rings is 1. The molecule has 5 nitrogen and oxygen atoms in total. The van der Waals surface area contributed by atoms with Gasteiger partial charge < -0.3 is 19.9 Å². The molecule has 3 heterocycles. The van der Waals surface area contributed by atoms with Crippen LogP contribution in [0.4, 0.5) is 11.4 Å². The molecule has 0 amide bonds. The van der Waals surface area contributed by atoms with Gasteiger partial charge in [0.15, 0.2) is 5.11 Å². The fraction of sp³-hybridized carbons (Fsp3) is 0.333. The van der Waals surface area contributed by atoms with E-state index in [0.717, 1.165) is 28.4 Å². The van der Waals surface area contributed by atoms with Crippen LogP contribution in [0.15, 0.2) is 66.9 Å². The SMILES string of the molecule is CC1=CC(C)(C)N(C)c2cc(Cl)c([C@@H]3[C@H](c4ccccn4)NC(=S)N3c3ccc(OC(C)C)cc3)cc21. The van der Waals surface area contributed by atoms with E-state index < -0.39 is 0 Å². The minimum atomic E-state index is -0.190. The average Bonchev–Trinajstić information content (AvgIpc) is 3.19. The van der Waals surface area contributed by atoms with Gasteiger partial charge in [-0.05, 0) is 107 Å². The molecule has 1 saturated heterocycles. The minimum absolute atomic E-state index is 0.0965. The molecule has 5 rings (SSSR count). The van der Waals surface area contributed by atoms with Crippen molar-refractivity contribution < 1.29 is 4.74 Å². The molecule has 2 aliphatic heterocycles. The van der Waals surface area contributed by atoms with Gasteiger partial charge in [-0.15, -0.1) is 0 Å². The van der Waals surface area contributed by atoms with E-state index in [9.17, 15) is 0 Å². The van der Waals surface area contributed by atoms with Crippen LogP contribution >= 0.6 is 23.8 Å². The summed E-state index contributed by atoms with van der Waals surface area (Å²) in [5, 5.41) is 4.88. The molecule has 1 aromatic heterocycles. The van der Waals surface area contributed by atoms with Crippen molar-refractivity contribution in [3.05, 3.63) is 88.7 Å². The first kappa shape index (κ1) is 25.6. The third-order valence-electron chi connectivity index (χ3n) is 7.24. The van der Waals surface area contributed by atoms with Gasteiger partial charge in [-0.3, -0.25) is 4.98 Å². The van der Waals surface area contributed by atoms with Crippen LogP contribution in [-0.4, -0.2) is 28.8 Å². The molecule has 1 fully saturated rings. The van der Waals surface area contributed by atoms with E-state index in [2.05, 4.69) is 66.1 Å². The van der Waals surface area contributed by atoms with Gasteiger partial charge in [0, 0.05) is 35.2 Å². The molecule has 0 radical (unpaired) electrons. The van der Waals surface area contributed by atoms with E-state index in [1.165, 1.54) is 11.1 Å². The number of ether oxygens (including phenoxy) is 1. The molecule has 2 aromatic carbocycles. The third-order valence-corrected chi connectivity index (χ3v) is 7.88. The molecule has 37 heavy (non-hydrogen) atoms. The number of anilines is 2. The first-order valence-corrected chi connectivity index (χ1v) is 13.4. The molecule has 2 atom stereocenters. The van der Waals surface area contributed by atoms with Crippen molar-refractivity contribution in [2.75, 3.05) is 16.8 Å². The summed E-state index contributed by atoms with van der Waals surface area (Å²) in [6.45, 7) is 10.6. The second kappa shape index (κ2) is 9.66. The number of thiocarbonyl (C=S) groups is 1. The highest BCUT2D eigenvalue weighted by atomic mass is 35.5. The number of nitrogens with zero attached hydrogens (tertiary/aromatic N) is 3. The maximum Gasteiger partial charge on any atom is 0.174 e. The second-order valence-corrected chi connectivity index (χ2v) is 11.4. The van der Waals surface area contributed by atoms with Crippen molar-refractivity contribution in [3.63, 3.8) is 0 Å². The van der Waals surface area contributed by atoms with E-state index in [-0.39, 0.29) is 23.7 Å². The zero-order chi connectivity index (χ0) is 26.5. The first-order valence-electron chi connectivity index (χ1n) is 12.6. The normalized spacial score (nSPS) is 20.5. The van der Waals surface area contributed by atoms with Crippen molar-refractivity contribution in [2.45, 2.75) is 58.3 Å². The number of hydrogen-bond acceptors (Lipinski definition) is 4. The zero-order valence-electron chi connectivity index (χ0n) is 22.1. The summed E-state index contributed by atoms with van der Waals surface area (Å²) in [5.74, 6) is 0.827. The minimum Gasteiger partial charge on any atom is -0.491 e. The Bertz CT molecular complexity index is 1350. The van der Waals surface area contributed by atoms with E-state index in [4.69, 9.17) is 28.6 Å². The Labute approximate surface area is 230 Å². The third kappa shape index (κ3) is 4.69. The molecule has 192 valence electrons. The Kier molecular flexibility index (Phi) is 6.67. The number of hydrogen-bond donors (Lipinski definition) is 1. The number of benzene rings is 2. The van der Waals surface area contributed by atoms with Crippen LogP contribution in [0.5, 0.6) is 5.75 Å². The lowest BCUT2D eigenvalue weighted by Gasteiger charge is -2.41. The number of rotatable bonds is 5. The molecule has 2 aliphatic rings. The topological polar surface area (TPSA) is 40.6 Å². The van der Waals surface area contributed by atoms with E-state index in [1.54, 1.807) is 0 Å². The number of allylic oxidation sites excluding steroid dienone is 1. The average molecular weight is 533 g/mol. The summed E-state index contributed by atoms with van der Waals surface area (Å²) >= 11 is 13.0. The van der Waals surface area contributed by atoms with Gasteiger partial charge in [0.1, 0.15) is 5.75 Å². The smallest absolute Gasteiger partial charge is 0.174 e. The van der Waals surface area contributed by atoms with Crippen LogP contribution in [0.3, 0.4) is 0 Å². The quantitative estimate of drug-likeness (QED) is 0.347. The van der Waals surface area contributed by atoms with Crippen LogP contribution in [0.25, 0.3) is 5.57 Å². The van der Waals surface area contributed by atoms with Gasteiger partial charge in [-0.25, -0.2) is 0 Å². The molecule has 0 unspecified atom stereocenters. The number of fused-ring (bicyclic) bond motifs is 1. The summed E-state index contributed by atoms with van der Waals surface area (Å²) < 4.78 is 5.87. The second-order valence-electron chi connectivity index (χ2n) is 10.6. The Hall–Kier alpha value is -3.09. The summed E-state index contributed by atoms with van der Waals surface area (Å²) in [6, 6.07) is 18.0. The molecular weight excluding hydrogens is 500 g/mol. The number of likely N-dealkylation sites (N-methyl/N-ethyl adjacent to an activating group) is 1. The fourth-order valence-corrected chi connectivity index (χ4v) is 5.94. The van der Waals surface area contributed by atoms with Crippen LogP contribution in [-0.2, 0) is 0 Å². The summed E-state index contributed by atoms with van der Waals surface area (Å²) in [6.07, 6.45) is 4.23. The van der Waals surface area contributed by atoms with E-state index in [0.29, 0.717) is 10.1 Å². The Morgan fingerprint density at radius 3 is 2.49 bits per heavy atom. The van der Waals surface area contributed by atoms with Crippen molar-refractivity contribution in [3.8, 4) is 5.75 Å². The van der Waals surface area contributed by atoms with Crippen LogP contribution in [0, 0.1) is 0 Å². The largest absolute Gasteiger partial charge is 0.491 e. The van der Waals surface area contributed by atoms with Crippen molar-refractivity contribution in [1.29, 1.82) is 0 Å². The summed E-state index contributed by atoms with van der Waals surface area (Å²) in [7, 11) is 2.12. The zero-order valence-corrected chi connectivity index (χ0v) is 23.7. The molecule has 0 spiro atoms. The molecule has 3 aromatic rings. The maximum atomic E-state index is 7.10. The lowest BCUT2D eigenvalue weighted by molar-refractivity contribution is 0.242. The molecule has 7 heteroatoms. The Balaban J connectivity index is 1.65. The Morgan fingerprint density at radius 1 is 1.11 bits per heavy atom. The van der Waals surface area contributed by atoms with Crippen LogP contribution < -0.4 is 19.9 Å². The van der Waals surface area contributed by atoms with Gasteiger partial charge in [-0.1, -0.05) is 23.7 Å². The lowest BCUT2D eigenvalue weighted by atomic mass is 9.86. The van der Waals surface area contributed by atoms with Crippen molar-refractivity contribution in [1.82, 2.24) is 10.3 Å². The lowest BCUT2D eigenvalue weighted by Crippen LogP contribution is -2.42. The van der Waals surface area contributed by atoms with Crippen molar-refractivity contribution in [2.24, 2.45) is 0 Å².